The van der Waals surface area contributed by atoms with Gasteiger partial charge in [0.2, 0.25) is 0 Å². The van der Waals surface area contributed by atoms with Gasteiger partial charge in [-0.15, -0.1) is 0 Å². The first-order valence-electron chi connectivity index (χ1n) is 5.91. The fraction of sp³-hybridized carbons (Fsp3) is 0.462. The second-order valence-electron chi connectivity index (χ2n) is 4.22. The lowest BCUT2D eigenvalue weighted by atomic mass is 10.1. The van der Waals surface area contributed by atoms with Gasteiger partial charge in [0.05, 0.1) is 13.2 Å². The highest BCUT2D eigenvalue weighted by atomic mass is 16.6. The Bertz CT molecular complexity index is 404. The minimum atomic E-state index is -0.315. The number of aliphatic hydroxyl groups is 1. The van der Waals surface area contributed by atoms with Crippen molar-refractivity contribution in [3.63, 3.8) is 0 Å². The Labute approximate surface area is 106 Å². The maximum absolute atomic E-state index is 11.6. The zero-order chi connectivity index (χ0) is 13.0. The summed E-state index contributed by atoms with van der Waals surface area (Å²) in [5, 5.41) is 8.96. The van der Waals surface area contributed by atoms with Gasteiger partial charge in [0.15, 0.2) is 0 Å². The molecule has 98 valence electrons. The Morgan fingerprint density at radius 2 is 2.17 bits per heavy atom. The Kier molecular flexibility index (Phi) is 4.04. The van der Waals surface area contributed by atoms with Crippen molar-refractivity contribution >= 4 is 6.09 Å². The molecule has 1 aromatic rings. The van der Waals surface area contributed by atoms with Crippen LogP contribution in [0.3, 0.4) is 0 Å². The van der Waals surface area contributed by atoms with Crippen molar-refractivity contribution in [1.82, 2.24) is 4.90 Å². The van der Waals surface area contributed by atoms with Gasteiger partial charge in [-0.2, -0.15) is 0 Å². The van der Waals surface area contributed by atoms with Gasteiger partial charge >= 0.3 is 6.09 Å². The van der Waals surface area contributed by atoms with E-state index in [1.54, 1.807) is 12.0 Å². The Morgan fingerprint density at radius 3 is 2.78 bits per heavy atom. The van der Waals surface area contributed by atoms with E-state index in [1.807, 2.05) is 24.3 Å². The molecule has 1 amide bonds. The van der Waals surface area contributed by atoms with E-state index in [4.69, 9.17) is 14.6 Å². The maximum Gasteiger partial charge on any atom is 0.410 e. The predicted octanol–water partition coefficient (Wildman–Crippen LogP) is 1.40. The van der Waals surface area contributed by atoms with Crippen molar-refractivity contribution in [3.8, 4) is 5.75 Å². The van der Waals surface area contributed by atoms with E-state index in [1.165, 1.54) is 0 Å². The maximum atomic E-state index is 11.6. The summed E-state index contributed by atoms with van der Waals surface area (Å²) >= 11 is 0. The Morgan fingerprint density at radius 1 is 1.44 bits per heavy atom. The first kappa shape index (κ1) is 12.7. The van der Waals surface area contributed by atoms with Crippen LogP contribution in [0, 0.1) is 0 Å². The standard InChI is InChI=1S/C13H17NO4/c1-17-12-4-2-10(3-5-12)8-14-11(6-7-15)9-18-13(14)16/h2-5,11,15H,6-9H2,1H3/t11-/m1/s1. The summed E-state index contributed by atoms with van der Waals surface area (Å²) in [5.74, 6) is 0.787. The molecule has 0 bridgehead atoms. The van der Waals surface area contributed by atoms with Gasteiger partial charge in [-0.05, 0) is 24.1 Å². The van der Waals surface area contributed by atoms with Crippen LogP contribution in [0.15, 0.2) is 24.3 Å². The summed E-state index contributed by atoms with van der Waals surface area (Å²) in [7, 11) is 1.62. The van der Waals surface area contributed by atoms with Crippen molar-refractivity contribution in [2.24, 2.45) is 0 Å². The average Bonchev–Trinajstić information content (AvgIpc) is 2.73. The molecule has 0 spiro atoms. The van der Waals surface area contributed by atoms with Crippen LogP contribution in [-0.2, 0) is 11.3 Å². The molecule has 0 aromatic heterocycles. The number of cyclic esters (lactones) is 1. The normalized spacial score (nSPS) is 18.9. The number of hydrogen-bond acceptors (Lipinski definition) is 4. The Hall–Kier alpha value is -1.75. The lowest BCUT2D eigenvalue weighted by Gasteiger charge is -2.20. The van der Waals surface area contributed by atoms with Crippen LogP contribution in [0.25, 0.3) is 0 Å². The largest absolute Gasteiger partial charge is 0.497 e. The average molecular weight is 251 g/mol. The molecule has 18 heavy (non-hydrogen) atoms. The van der Waals surface area contributed by atoms with Crippen LogP contribution >= 0.6 is 0 Å². The number of aliphatic hydroxyl groups excluding tert-OH is 1. The smallest absolute Gasteiger partial charge is 0.410 e. The molecule has 2 rings (SSSR count). The van der Waals surface area contributed by atoms with Gasteiger partial charge in [-0.3, -0.25) is 4.90 Å². The van der Waals surface area contributed by atoms with Crippen LogP contribution < -0.4 is 4.74 Å². The van der Waals surface area contributed by atoms with E-state index in [9.17, 15) is 4.79 Å². The second kappa shape index (κ2) is 5.73. The van der Waals surface area contributed by atoms with Crippen molar-refractivity contribution in [1.29, 1.82) is 0 Å². The number of nitrogens with zero attached hydrogens (tertiary/aromatic N) is 1. The first-order chi connectivity index (χ1) is 8.74. The van der Waals surface area contributed by atoms with Crippen LogP contribution in [0.1, 0.15) is 12.0 Å². The third kappa shape index (κ3) is 2.73. The van der Waals surface area contributed by atoms with Crippen molar-refractivity contribution < 1.29 is 19.4 Å². The number of benzene rings is 1. The first-order valence-corrected chi connectivity index (χ1v) is 5.91. The zero-order valence-corrected chi connectivity index (χ0v) is 10.3. The van der Waals surface area contributed by atoms with E-state index < -0.39 is 0 Å². The van der Waals surface area contributed by atoms with Crippen molar-refractivity contribution in [3.05, 3.63) is 29.8 Å². The Balaban J connectivity index is 2.03. The molecule has 1 aromatic carbocycles. The number of ether oxygens (including phenoxy) is 2. The SMILES string of the molecule is COc1ccc(CN2C(=O)OC[C@H]2CCO)cc1. The highest BCUT2D eigenvalue weighted by molar-refractivity contribution is 5.70. The number of hydrogen-bond donors (Lipinski definition) is 1. The van der Waals surface area contributed by atoms with Gasteiger partial charge < -0.3 is 14.6 Å². The summed E-state index contributed by atoms with van der Waals surface area (Å²) < 4.78 is 10.1. The van der Waals surface area contributed by atoms with E-state index in [2.05, 4.69) is 0 Å². The summed E-state index contributed by atoms with van der Waals surface area (Å²) in [6.07, 6.45) is 0.228. The highest BCUT2D eigenvalue weighted by Gasteiger charge is 2.32. The monoisotopic (exact) mass is 251 g/mol. The van der Waals surface area contributed by atoms with Gasteiger partial charge in [-0.25, -0.2) is 4.79 Å². The minimum absolute atomic E-state index is 0.0374. The van der Waals surface area contributed by atoms with E-state index in [0.717, 1.165) is 11.3 Å². The highest BCUT2D eigenvalue weighted by Crippen LogP contribution is 2.20. The molecular formula is C13H17NO4. The summed E-state index contributed by atoms with van der Waals surface area (Å²) in [6, 6.07) is 7.51. The van der Waals surface area contributed by atoms with E-state index in [-0.39, 0.29) is 18.7 Å². The number of methoxy groups -OCH3 is 1. The van der Waals surface area contributed by atoms with E-state index >= 15 is 0 Å². The second-order valence-corrected chi connectivity index (χ2v) is 4.22. The molecule has 0 saturated carbocycles. The van der Waals surface area contributed by atoms with Gasteiger partial charge in [0, 0.05) is 13.2 Å². The zero-order valence-electron chi connectivity index (χ0n) is 10.3. The third-order valence-electron chi connectivity index (χ3n) is 3.05. The number of carbonyl (C=O) groups is 1. The van der Waals surface area contributed by atoms with Crippen LogP contribution in [0.5, 0.6) is 5.75 Å². The van der Waals surface area contributed by atoms with Crippen LogP contribution in [-0.4, -0.2) is 42.5 Å². The van der Waals surface area contributed by atoms with E-state index in [0.29, 0.717) is 19.6 Å². The quantitative estimate of drug-likeness (QED) is 0.859. The minimum Gasteiger partial charge on any atom is -0.497 e. The van der Waals surface area contributed by atoms with Crippen molar-refractivity contribution in [2.75, 3.05) is 20.3 Å². The molecule has 1 saturated heterocycles. The molecule has 0 radical (unpaired) electrons. The molecule has 1 atom stereocenters. The van der Waals surface area contributed by atoms with Crippen molar-refractivity contribution in [2.45, 2.75) is 19.0 Å². The molecule has 0 aliphatic carbocycles. The molecular weight excluding hydrogens is 234 g/mol. The molecule has 1 heterocycles. The van der Waals surface area contributed by atoms with Crippen LogP contribution in [0.4, 0.5) is 4.79 Å². The molecule has 5 nitrogen and oxygen atoms in total. The molecule has 1 aliphatic rings. The third-order valence-corrected chi connectivity index (χ3v) is 3.05. The summed E-state index contributed by atoms with van der Waals surface area (Å²) in [6.45, 7) is 0.906. The summed E-state index contributed by atoms with van der Waals surface area (Å²) in [5.41, 5.74) is 1.01. The van der Waals surface area contributed by atoms with Gasteiger partial charge in [0.1, 0.15) is 12.4 Å². The number of carbonyl (C=O) groups excluding carboxylic acids is 1. The predicted molar refractivity (Wildman–Crippen MR) is 65.4 cm³/mol. The van der Waals surface area contributed by atoms with Crippen LogP contribution in [0.2, 0.25) is 0 Å². The molecule has 1 fully saturated rings. The fourth-order valence-electron chi connectivity index (χ4n) is 2.00. The molecule has 5 heteroatoms. The lowest BCUT2D eigenvalue weighted by Crippen LogP contribution is -2.33. The molecule has 1 aliphatic heterocycles. The fourth-order valence-corrected chi connectivity index (χ4v) is 2.00. The number of rotatable bonds is 5. The topological polar surface area (TPSA) is 59.0 Å². The molecule has 1 N–H and O–H groups in total. The van der Waals surface area contributed by atoms with Gasteiger partial charge in [-0.1, -0.05) is 12.1 Å². The number of amides is 1. The summed E-state index contributed by atoms with van der Waals surface area (Å²) in [4.78, 5) is 13.2. The van der Waals surface area contributed by atoms with Gasteiger partial charge in [0.25, 0.3) is 0 Å². The molecule has 0 unspecified atom stereocenters. The lowest BCUT2D eigenvalue weighted by molar-refractivity contribution is 0.155.